The Morgan fingerprint density at radius 2 is 1.96 bits per heavy atom. The van der Waals surface area contributed by atoms with Crippen LogP contribution in [0.4, 0.5) is 18.9 Å². The van der Waals surface area contributed by atoms with Gasteiger partial charge in [0.15, 0.2) is 0 Å². The average Bonchev–Trinajstić information content (AvgIpc) is 3.04. The predicted molar refractivity (Wildman–Crippen MR) is 85.9 cm³/mol. The molecule has 1 aliphatic heterocycles. The molecule has 0 saturated carbocycles. The van der Waals surface area contributed by atoms with Crippen molar-refractivity contribution in [1.29, 1.82) is 0 Å². The van der Waals surface area contributed by atoms with Crippen molar-refractivity contribution in [3.63, 3.8) is 0 Å². The molecule has 0 radical (unpaired) electrons. The average molecular weight is 358 g/mol. The second-order valence-corrected chi connectivity index (χ2v) is 5.97. The molecule has 2 rings (SSSR count). The molecule has 0 aromatic heterocycles. The highest BCUT2D eigenvalue weighted by atomic mass is 19.4. The highest BCUT2D eigenvalue weighted by Gasteiger charge is 2.30. The summed E-state index contributed by atoms with van der Waals surface area (Å²) >= 11 is 0. The summed E-state index contributed by atoms with van der Waals surface area (Å²) < 4.78 is 43.0. The van der Waals surface area contributed by atoms with Gasteiger partial charge >= 0.3 is 6.18 Å². The number of rotatable bonds is 6. The summed E-state index contributed by atoms with van der Waals surface area (Å²) in [6, 6.07) is 4.23. The van der Waals surface area contributed by atoms with E-state index in [-0.39, 0.29) is 36.6 Å². The zero-order valence-electron chi connectivity index (χ0n) is 13.9. The van der Waals surface area contributed by atoms with Crippen LogP contribution in [0.3, 0.4) is 0 Å². The molecular formula is C17H21F3N2O3. The molecule has 138 valence electrons. The lowest BCUT2D eigenvalue weighted by Gasteiger charge is -2.23. The number of benzene rings is 1. The number of amides is 2. The van der Waals surface area contributed by atoms with Crippen molar-refractivity contribution in [2.24, 2.45) is 0 Å². The van der Waals surface area contributed by atoms with Crippen molar-refractivity contribution in [2.45, 2.75) is 38.5 Å². The monoisotopic (exact) mass is 358 g/mol. The summed E-state index contributed by atoms with van der Waals surface area (Å²) in [4.78, 5) is 25.2. The van der Waals surface area contributed by atoms with Gasteiger partial charge < -0.3 is 15.0 Å². The molecule has 0 aliphatic carbocycles. The topological polar surface area (TPSA) is 58.6 Å². The summed E-state index contributed by atoms with van der Waals surface area (Å²) in [5.74, 6) is -0.504. The third-order valence-corrected chi connectivity index (χ3v) is 4.00. The SMILES string of the molecule is CC(=O)N(CCC(=O)Nc1ccc(C(F)(F)F)cc1)CC1CCCO1. The summed E-state index contributed by atoms with van der Waals surface area (Å²) in [6.07, 6.45) is -2.49. The minimum absolute atomic E-state index is 0.00174. The lowest BCUT2D eigenvalue weighted by atomic mass is 10.2. The van der Waals surface area contributed by atoms with Gasteiger partial charge in [-0.25, -0.2) is 0 Å². The zero-order valence-corrected chi connectivity index (χ0v) is 13.9. The van der Waals surface area contributed by atoms with Crippen molar-refractivity contribution in [2.75, 3.05) is 25.0 Å². The van der Waals surface area contributed by atoms with Crippen LogP contribution in [0.5, 0.6) is 0 Å². The maximum Gasteiger partial charge on any atom is 0.416 e. The summed E-state index contributed by atoms with van der Waals surface area (Å²) in [6.45, 7) is 2.80. The van der Waals surface area contributed by atoms with Crippen LogP contribution in [0, 0.1) is 0 Å². The van der Waals surface area contributed by atoms with Crippen molar-refractivity contribution >= 4 is 17.5 Å². The Hall–Kier alpha value is -2.09. The van der Waals surface area contributed by atoms with E-state index in [1.807, 2.05) is 0 Å². The second kappa shape index (κ2) is 8.33. The largest absolute Gasteiger partial charge is 0.416 e. The van der Waals surface area contributed by atoms with E-state index in [1.54, 1.807) is 4.90 Å². The van der Waals surface area contributed by atoms with E-state index in [0.29, 0.717) is 13.2 Å². The van der Waals surface area contributed by atoms with E-state index < -0.39 is 11.7 Å². The molecule has 0 spiro atoms. The quantitative estimate of drug-likeness (QED) is 0.850. The van der Waals surface area contributed by atoms with Crippen LogP contribution >= 0.6 is 0 Å². The maximum atomic E-state index is 12.5. The minimum atomic E-state index is -4.41. The van der Waals surface area contributed by atoms with Gasteiger partial charge in [-0.3, -0.25) is 9.59 Å². The molecule has 0 bridgehead atoms. The van der Waals surface area contributed by atoms with Crippen molar-refractivity contribution in [1.82, 2.24) is 4.90 Å². The highest BCUT2D eigenvalue weighted by molar-refractivity contribution is 5.91. The third kappa shape index (κ3) is 6.04. The normalized spacial score (nSPS) is 17.4. The Labute approximate surface area is 144 Å². The van der Waals surface area contributed by atoms with Gasteiger partial charge in [0.25, 0.3) is 0 Å². The van der Waals surface area contributed by atoms with Crippen LogP contribution < -0.4 is 5.32 Å². The molecule has 1 heterocycles. The first-order valence-electron chi connectivity index (χ1n) is 8.10. The van der Waals surface area contributed by atoms with Gasteiger partial charge in [-0.2, -0.15) is 13.2 Å². The van der Waals surface area contributed by atoms with Crippen molar-refractivity contribution < 1.29 is 27.5 Å². The van der Waals surface area contributed by atoms with Gasteiger partial charge in [0.2, 0.25) is 11.8 Å². The number of hydrogen-bond donors (Lipinski definition) is 1. The fourth-order valence-corrected chi connectivity index (χ4v) is 2.61. The summed E-state index contributed by atoms with van der Waals surface area (Å²) in [7, 11) is 0. The van der Waals surface area contributed by atoms with E-state index in [1.165, 1.54) is 19.1 Å². The smallest absolute Gasteiger partial charge is 0.376 e. The Bertz CT molecular complexity index is 596. The van der Waals surface area contributed by atoms with E-state index >= 15 is 0 Å². The number of alkyl halides is 3. The van der Waals surface area contributed by atoms with Gasteiger partial charge in [0.1, 0.15) is 0 Å². The molecule has 1 atom stereocenters. The molecule has 8 heteroatoms. The van der Waals surface area contributed by atoms with E-state index in [0.717, 1.165) is 25.0 Å². The standard InChI is InChI=1S/C17H21F3N2O3/c1-12(23)22(11-15-3-2-10-25-15)9-8-16(24)21-14-6-4-13(5-7-14)17(18,19)20/h4-7,15H,2-3,8-11H2,1H3,(H,21,24). The van der Waals surface area contributed by atoms with Crippen LogP contribution in [0.1, 0.15) is 31.7 Å². The molecule has 1 aliphatic rings. The first-order chi connectivity index (χ1) is 11.8. The molecule has 1 saturated heterocycles. The molecule has 1 aromatic carbocycles. The van der Waals surface area contributed by atoms with Gasteiger partial charge in [0.05, 0.1) is 11.7 Å². The van der Waals surface area contributed by atoms with Crippen LogP contribution in [-0.4, -0.2) is 42.5 Å². The second-order valence-electron chi connectivity index (χ2n) is 5.97. The fourth-order valence-electron chi connectivity index (χ4n) is 2.61. The number of nitrogens with zero attached hydrogens (tertiary/aromatic N) is 1. The molecule has 1 unspecified atom stereocenters. The predicted octanol–water partition coefficient (Wildman–Crippen LogP) is 3.06. The Morgan fingerprint density at radius 1 is 1.28 bits per heavy atom. The Morgan fingerprint density at radius 3 is 2.48 bits per heavy atom. The summed E-state index contributed by atoms with van der Waals surface area (Å²) in [5, 5.41) is 2.53. The summed E-state index contributed by atoms with van der Waals surface area (Å²) in [5.41, 5.74) is -0.490. The molecular weight excluding hydrogens is 337 g/mol. The molecule has 1 N–H and O–H groups in total. The van der Waals surface area contributed by atoms with Crippen LogP contribution in [-0.2, 0) is 20.5 Å². The zero-order chi connectivity index (χ0) is 18.4. The lowest BCUT2D eigenvalue weighted by Crippen LogP contribution is -2.37. The number of ether oxygens (including phenoxy) is 1. The fraction of sp³-hybridized carbons (Fsp3) is 0.529. The Kier molecular flexibility index (Phi) is 6.41. The first-order valence-corrected chi connectivity index (χ1v) is 8.10. The van der Waals surface area contributed by atoms with E-state index in [9.17, 15) is 22.8 Å². The molecule has 1 fully saturated rings. The van der Waals surface area contributed by atoms with Gasteiger partial charge in [-0.15, -0.1) is 0 Å². The van der Waals surface area contributed by atoms with Crippen LogP contribution in [0.15, 0.2) is 24.3 Å². The Balaban J connectivity index is 1.83. The van der Waals surface area contributed by atoms with Gasteiger partial charge in [0, 0.05) is 38.7 Å². The first kappa shape index (κ1) is 19.2. The third-order valence-electron chi connectivity index (χ3n) is 4.00. The molecule has 2 amide bonds. The van der Waals surface area contributed by atoms with Crippen LogP contribution in [0.25, 0.3) is 0 Å². The maximum absolute atomic E-state index is 12.5. The molecule has 5 nitrogen and oxygen atoms in total. The van der Waals surface area contributed by atoms with Gasteiger partial charge in [-0.1, -0.05) is 0 Å². The number of anilines is 1. The van der Waals surface area contributed by atoms with Crippen LogP contribution in [0.2, 0.25) is 0 Å². The molecule has 25 heavy (non-hydrogen) atoms. The highest BCUT2D eigenvalue weighted by Crippen LogP contribution is 2.29. The number of hydrogen-bond acceptors (Lipinski definition) is 3. The number of carbonyl (C=O) groups excluding carboxylic acids is 2. The van der Waals surface area contributed by atoms with Crippen molar-refractivity contribution in [3.8, 4) is 0 Å². The molecule has 1 aromatic rings. The van der Waals surface area contributed by atoms with E-state index in [4.69, 9.17) is 4.74 Å². The lowest BCUT2D eigenvalue weighted by molar-refractivity contribution is -0.137. The number of carbonyl (C=O) groups is 2. The van der Waals surface area contributed by atoms with Gasteiger partial charge in [-0.05, 0) is 37.1 Å². The number of halogens is 3. The van der Waals surface area contributed by atoms with Crippen molar-refractivity contribution in [3.05, 3.63) is 29.8 Å². The van der Waals surface area contributed by atoms with E-state index in [2.05, 4.69) is 5.32 Å². The minimum Gasteiger partial charge on any atom is -0.376 e. The number of nitrogens with one attached hydrogen (secondary N) is 1.